The topological polar surface area (TPSA) is 44.4 Å². The van der Waals surface area contributed by atoms with Crippen molar-refractivity contribution in [1.29, 1.82) is 0 Å². The normalized spacial score (nSPS) is 20.3. The van der Waals surface area contributed by atoms with Crippen molar-refractivity contribution < 1.29 is 9.18 Å². The van der Waals surface area contributed by atoms with Crippen LogP contribution in [0.3, 0.4) is 0 Å². The Morgan fingerprint density at radius 2 is 2.37 bits per heavy atom. The van der Waals surface area contributed by atoms with Gasteiger partial charge in [-0.15, -0.1) is 0 Å². The summed E-state index contributed by atoms with van der Waals surface area (Å²) in [4.78, 5) is 14.1. The number of likely N-dealkylation sites (N-methyl/N-ethyl adjacent to an activating group) is 1. The van der Waals surface area contributed by atoms with Crippen molar-refractivity contribution in [2.75, 3.05) is 32.0 Å². The molecule has 0 radical (unpaired) electrons. The van der Waals surface area contributed by atoms with Gasteiger partial charge in [-0.1, -0.05) is 0 Å². The number of carbonyl (C=O) groups is 1. The van der Waals surface area contributed by atoms with Crippen LogP contribution in [0.15, 0.2) is 18.2 Å². The van der Waals surface area contributed by atoms with Gasteiger partial charge in [0.25, 0.3) is 0 Å². The molecule has 19 heavy (non-hydrogen) atoms. The number of anilines is 1. The van der Waals surface area contributed by atoms with E-state index in [1.807, 2.05) is 7.05 Å². The quantitative estimate of drug-likeness (QED) is 0.867. The van der Waals surface area contributed by atoms with Gasteiger partial charge >= 0.3 is 0 Å². The van der Waals surface area contributed by atoms with Gasteiger partial charge in [0.15, 0.2) is 0 Å². The highest BCUT2D eigenvalue weighted by Crippen LogP contribution is 2.14. The molecule has 1 aromatic carbocycles. The highest BCUT2D eigenvalue weighted by Gasteiger charge is 2.21. The third-order valence-corrected chi connectivity index (χ3v) is 3.51. The number of hydrogen-bond acceptors (Lipinski definition) is 3. The van der Waals surface area contributed by atoms with E-state index in [1.165, 1.54) is 6.07 Å². The number of piperazine rings is 1. The van der Waals surface area contributed by atoms with Gasteiger partial charge in [0, 0.05) is 37.8 Å². The molecule has 1 amide bonds. The maximum Gasteiger partial charge on any atom is 0.225 e. The first kappa shape index (κ1) is 14.0. The number of benzene rings is 1. The maximum atomic E-state index is 13.1. The molecular formula is C14H20FN3O. The average Bonchev–Trinajstić information content (AvgIpc) is 2.37. The molecule has 1 unspecified atom stereocenters. The van der Waals surface area contributed by atoms with Crippen LogP contribution in [0, 0.1) is 12.7 Å². The first-order valence-electron chi connectivity index (χ1n) is 6.53. The number of halogens is 1. The highest BCUT2D eigenvalue weighted by molar-refractivity contribution is 5.91. The van der Waals surface area contributed by atoms with Crippen molar-refractivity contribution in [2.45, 2.75) is 19.4 Å². The lowest BCUT2D eigenvalue weighted by molar-refractivity contribution is -0.117. The van der Waals surface area contributed by atoms with E-state index in [2.05, 4.69) is 15.5 Å². The number of hydrogen-bond donors (Lipinski definition) is 2. The second-order valence-electron chi connectivity index (χ2n) is 5.05. The zero-order valence-corrected chi connectivity index (χ0v) is 11.4. The van der Waals surface area contributed by atoms with Crippen LogP contribution < -0.4 is 10.6 Å². The lowest BCUT2D eigenvalue weighted by Crippen LogP contribution is -2.50. The van der Waals surface area contributed by atoms with Crippen molar-refractivity contribution in [3.63, 3.8) is 0 Å². The van der Waals surface area contributed by atoms with Crippen LogP contribution in [0.2, 0.25) is 0 Å². The van der Waals surface area contributed by atoms with Crippen LogP contribution in [0.25, 0.3) is 0 Å². The smallest absolute Gasteiger partial charge is 0.225 e. The third-order valence-electron chi connectivity index (χ3n) is 3.51. The monoisotopic (exact) mass is 265 g/mol. The van der Waals surface area contributed by atoms with Gasteiger partial charge in [0.1, 0.15) is 5.82 Å². The van der Waals surface area contributed by atoms with Crippen LogP contribution in [0.5, 0.6) is 0 Å². The van der Waals surface area contributed by atoms with E-state index < -0.39 is 0 Å². The Hall–Kier alpha value is -1.46. The number of amides is 1. The Balaban J connectivity index is 1.91. The molecule has 1 aliphatic rings. The molecule has 1 atom stereocenters. The number of nitrogens with zero attached hydrogens (tertiary/aromatic N) is 1. The van der Waals surface area contributed by atoms with Gasteiger partial charge in [0.05, 0.1) is 0 Å². The van der Waals surface area contributed by atoms with Gasteiger partial charge < -0.3 is 15.5 Å². The number of carbonyl (C=O) groups excluding carboxylic acids is 1. The lowest BCUT2D eigenvalue weighted by Gasteiger charge is -2.32. The van der Waals surface area contributed by atoms with Gasteiger partial charge in [-0.3, -0.25) is 4.79 Å². The Bertz CT molecular complexity index is 464. The van der Waals surface area contributed by atoms with Gasteiger partial charge in [-0.05, 0) is 37.7 Å². The van der Waals surface area contributed by atoms with Crippen molar-refractivity contribution >= 4 is 11.6 Å². The zero-order chi connectivity index (χ0) is 13.8. The maximum absolute atomic E-state index is 13.1. The standard InChI is InChI=1S/C14H20FN3O/c1-10-7-11(3-4-13(10)15)17-14(19)8-12-9-16-5-6-18(12)2/h3-4,7,12,16H,5-6,8-9H2,1-2H3,(H,17,19). The Kier molecular flexibility index (Phi) is 4.50. The molecule has 0 aromatic heterocycles. The van der Waals surface area contributed by atoms with Crippen LogP contribution >= 0.6 is 0 Å². The first-order valence-corrected chi connectivity index (χ1v) is 6.53. The fraction of sp³-hybridized carbons (Fsp3) is 0.500. The van der Waals surface area contributed by atoms with Crippen LogP contribution in [0.4, 0.5) is 10.1 Å². The Morgan fingerprint density at radius 3 is 3.05 bits per heavy atom. The molecule has 2 rings (SSSR count). The summed E-state index contributed by atoms with van der Waals surface area (Å²) in [5.41, 5.74) is 1.18. The van der Waals surface area contributed by atoms with E-state index in [1.54, 1.807) is 19.1 Å². The summed E-state index contributed by atoms with van der Waals surface area (Å²) in [6, 6.07) is 4.83. The van der Waals surface area contributed by atoms with Crippen molar-refractivity contribution in [2.24, 2.45) is 0 Å². The Labute approximate surface area is 113 Å². The molecule has 0 bridgehead atoms. The molecular weight excluding hydrogens is 245 g/mol. The average molecular weight is 265 g/mol. The van der Waals surface area contributed by atoms with Gasteiger partial charge in [0.2, 0.25) is 5.91 Å². The Morgan fingerprint density at radius 1 is 1.58 bits per heavy atom. The molecule has 1 saturated heterocycles. The predicted molar refractivity (Wildman–Crippen MR) is 73.7 cm³/mol. The van der Waals surface area contributed by atoms with E-state index in [0.29, 0.717) is 17.7 Å². The molecule has 1 aromatic rings. The van der Waals surface area contributed by atoms with E-state index in [9.17, 15) is 9.18 Å². The van der Waals surface area contributed by atoms with Crippen molar-refractivity contribution in [3.05, 3.63) is 29.6 Å². The fourth-order valence-corrected chi connectivity index (χ4v) is 2.24. The fourth-order valence-electron chi connectivity index (χ4n) is 2.24. The van der Waals surface area contributed by atoms with Gasteiger partial charge in [-0.2, -0.15) is 0 Å². The summed E-state index contributed by atoms with van der Waals surface area (Å²) in [5.74, 6) is -0.291. The minimum atomic E-state index is -0.255. The molecule has 1 fully saturated rings. The van der Waals surface area contributed by atoms with Crippen molar-refractivity contribution in [3.8, 4) is 0 Å². The second-order valence-corrected chi connectivity index (χ2v) is 5.05. The summed E-state index contributed by atoms with van der Waals surface area (Å²) < 4.78 is 13.1. The SMILES string of the molecule is Cc1cc(NC(=O)CC2CNCCN2C)ccc1F. The minimum absolute atomic E-state index is 0.0356. The minimum Gasteiger partial charge on any atom is -0.326 e. The number of rotatable bonds is 3. The van der Waals surface area contributed by atoms with E-state index in [-0.39, 0.29) is 17.8 Å². The molecule has 0 aliphatic carbocycles. The van der Waals surface area contributed by atoms with Crippen LogP contribution in [-0.4, -0.2) is 43.5 Å². The molecule has 104 valence electrons. The largest absolute Gasteiger partial charge is 0.326 e. The molecule has 0 saturated carbocycles. The second kappa shape index (κ2) is 6.12. The predicted octanol–water partition coefficient (Wildman–Crippen LogP) is 1.37. The van der Waals surface area contributed by atoms with Gasteiger partial charge in [-0.25, -0.2) is 4.39 Å². The molecule has 5 heteroatoms. The molecule has 4 nitrogen and oxygen atoms in total. The molecule has 0 spiro atoms. The summed E-state index contributed by atoms with van der Waals surface area (Å²) in [6.07, 6.45) is 0.444. The highest BCUT2D eigenvalue weighted by atomic mass is 19.1. The van der Waals surface area contributed by atoms with E-state index in [4.69, 9.17) is 0 Å². The van der Waals surface area contributed by atoms with Crippen molar-refractivity contribution in [1.82, 2.24) is 10.2 Å². The van der Waals surface area contributed by atoms with Crippen LogP contribution in [0.1, 0.15) is 12.0 Å². The zero-order valence-electron chi connectivity index (χ0n) is 11.4. The molecule has 1 aliphatic heterocycles. The molecule has 1 heterocycles. The van der Waals surface area contributed by atoms with E-state index >= 15 is 0 Å². The summed E-state index contributed by atoms with van der Waals surface area (Å²) in [5, 5.41) is 6.10. The summed E-state index contributed by atoms with van der Waals surface area (Å²) in [6.45, 7) is 4.43. The summed E-state index contributed by atoms with van der Waals surface area (Å²) in [7, 11) is 2.03. The number of nitrogens with one attached hydrogen (secondary N) is 2. The third kappa shape index (κ3) is 3.75. The van der Waals surface area contributed by atoms with E-state index in [0.717, 1.165) is 19.6 Å². The summed E-state index contributed by atoms with van der Waals surface area (Å²) >= 11 is 0. The van der Waals surface area contributed by atoms with Crippen LogP contribution in [-0.2, 0) is 4.79 Å². The molecule has 2 N–H and O–H groups in total. The number of aryl methyl sites for hydroxylation is 1. The lowest BCUT2D eigenvalue weighted by atomic mass is 10.1. The first-order chi connectivity index (χ1) is 9.06.